The summed E-state index contributed by atoms with van der Waals surface area (Å²) < 4.78 is 5.54. The van der Waals surface area contributed by atoms with Gasteiger partial charge in [-0.25, -0.2) is 0 Å². The predicted octanol–water partition coefficient (Wildman–Crippen LogP) is 7.05. The molecule has 1 aromatic carbocycles. The molecule has 2 saturated carbocycles. The average Bonchev–Trinajstić information content (AvgIpc) is 2.70. The Morgan fingerprint density at radius 2 is 1.54 bits per heavy atom. The van der Waals surface area contributed by atoms with Crippen molar-refractivity contribution in [2.45, 2.75) is 70.8 Å². The minimum absolute atomic E-state index is 0.627. The van der Waals surface area contributed by atoms with E-state index < -0.39 is 0 Å². The number of hydrogen-bond acceptors (Lipinski definition) is 1. The minimum Gasteiger partial charge on any atom is -0.373 e. The summed E-state index contributed by atoms with van der Waals surface area (Å²) in [4.78, 5) is 0. The Kier molecular flexibility index (Phi) is 7.55. The van der Waals surface area contributed by atoms with Crippen LogP contribution in [0.15, 0.2) is 49.1 Å². The molecule has 2 fully saturated rings. The highest BCUT2D eigenvalue weighted by atomic mass is 16.5. The van der Waals surface area contributed by atoms with Gasteiger partial charge in [0.25, 0.3) is 0 Å². The number of rotatable bonds is 7. The van der Waals surface area contributed by atoms with E-state index in [2.05, 4.69) is 49.9 Å². The summed E-state index contributed by atoms with van der Waals surface area (Å²) in [5, 5.41) is 0. The summed E-state index contributed by atoms with van der Waals surface area (Å²) in [6.45, 7) is 7.17. The van der Waals surface area contributed by atoms with Gasteiger partial charge in [0.15, 0.2) is 0 Å². The molecule has 3 rings (SSSR count). The van der Waals surface area contributed by atoms with Crippen LogP contribution in [-0.4, -0.2) is 6.61 Å². The fraction of sp³-hybridized carbons (Fsp3) is 0.600. The Hall–Kier alpha value is -1.34. The zero-order chi connectivity index (χ0) is 18.2. The topological polar surface area (TPSA) is 9.23 Å². The van der Waals surface area contributed by atoms with E-state index in [9.17, 15) is 0 Å². The SMILES string of the molecule is C=CCOCc1ccc([C@H]2CC[C@H]([C@H]3CC[C@H](C=CC)CC3)CC2)cc1. The second-order valence-electron chi connectivity index (χ2n) is 8.36. The van der Waals surface area contributed by atoms with Crippen molar-refractivity contribution < 1.29 is 4.74 Å². The van der Waals surface area contributed by atoms with Gasteiger partial charge in [0, 0.05) is 0 Å². The summed E-state index contributed by atoms with van der Waals surface area (Å²) in [6, 6.07) is 9.15. The highest BCUT2D eigenvalue weighted by molar-refractivity contribution is 5.25. The summed E-state index contributed by atoms with van der Waals surface area (Å²) >= 11 is 0. The first-order chi connectivity index (χ1) is 12.8. The first kappa shape index (κ1) is 19.4. The lowest BCUT2D eigenvalue weighted by molar-refractivity contribution is 0.149. The lowest BCUT2D eigenvalue weighted by Crippen LogP contribution is -2.25. The van der Waals surface area contributed by atoms with Crippen molar-refractivity contribution in [3.63, 3.8) is 0 Å². The van der Waals surface area contributed by atoms with Gasteiger partial charge < -0.3 is 4.74 Å². The second kappa shape index (κ2) is 10.1. The molecule has 0 unspecified atom stereocenters. The number of allylic oxidation sites excluding steroid dienone is 2. The Labute approximate surface area is 160 Å². The zero-order valence-electron chi connectivity index (χ0n) is 16.5. The van der Waals surface area contributed by atoms with Gasteiger partial charge in [-0.2, -0.15) is 0 Å². The molecule has 1 aromatic rings. The maximum Gasteiger partial charge on any atom is 0.0721 e. The van der Waals surface area contributed by atoms with Crippen molar-refractivity contribution in [2.24, 2.45) is 17.8 Å². The van der Waals surface area contributed by atoms with Crippen LogP contribution in [0.1, 0.15) is 75.3 Å². The van der Waals surface area contributed by atoms with Crippen molar-refractivity contribution in [3.05, 3.63) is 60.2 Å². The normalized spacial score (nSPS) is 29.7. The molecular formula is C25H36O. The van der Waals surface area contributed by atoms with Gasteiger partial charge in [-0.15, -0.1) is 6.58 Å². The molecule has 142 valence electrons. The summed E-state index contributed by atoms with van der Waals surface area (Å²) in [6.07, 6.45) is 17.9. The van der Waals surface area contributed by atoms with Crippen molar-refractivity contribution in [2.75, 3.05) is 6.61 Å². The number of hydrogen-bond donors (Lipinski definition) is 0. The fourth-order valence-corrected chi connectivity index (χ4v) is 5.15. The third kappa shape index (κ3) is 5.33. The van der Waals surface area contributed by atoms with E-state index in [0.29, 0.717) is 13.2 Å². The molecule has 0 saturated heterocycles. The molecule has 26 heavy (non-hydrogen) atoms. The molecule has 0 N–H and O–H groups in total. The highest BCUT2D eigenvalue weighted by Gasteiger charge is 2.30. The van der Waals surface area contributed by atoms with Crippen LogP contribution in [0, 0.1) is 17.8 Å². The van der Waals surface area contributed by atoms with E-state index in [1.807, 2.05) is 0 Å². The molecule has 0 heterocycles. The minimum atomic E-state index is 0.627. The van der Waals surface area contributed by atoms with E-state index in [-0.39, 0.29) is 0 Å². The molecule has 1 nitrogen and oxygen atoms in total. The van der Waals surface area contributed by atoms with Gasteiger partial charge in [0.05, 0.1) is 13.2 Å². The van der Waals surface area contributed by atoms with Crippen LogP contribution in [0.3, 0.4) is 0 Å². The molecule has 0 spiro atoms. The monoisotopic (exact) mass is 352 g/mol. The number of benzene rings is 1. The van der Waals surface area contributed by atoms with Gasteiger partial charge in [0.2, 0.25) is 0 Å². The lowest BCUT2D eigenvalue weighted by atomic mass is 9.68. The van der Waals surface area contributed by atoms with E-state index >= 15 is 0 Å². The quantitative estimate of drug-likeness (QED) is 0.377. The second-order valence-corrected chi connectivity index (χ2v) is 8.36. The van der Waals surface area contributed by atoms with Crippen molar-refractivity contribution in [1.29, 1.82) is 0 Å². The first-order valence-electron chi connectivity index (χ1n) is 10.7. The summed E-state index contributed by atoms with van der Waals surface area (Å²) in [5.74, 6) is 3.63. The molecule has 2 aliphatic rings. The molecule has 0 radical (unpaired) electrons. The summed E-state index contributed by atoms with van der Waals surface area (Å²) in [5.41, 5.74) is 2.80. The van der Waals surface area contributed by atoms with E-state index in [4.69, 9.17) is 4.74 Å². The molecule has 1 heteroatoms. The van der Waals surface area contributed by atoms with Gasteiger partial charge in [-0.05, 0) is 93.1 Å². The van der Waals surface area contributed by atoms with Gasteiger partial charge in [0.1, 0.15) is 0 Å². The Morgan fingerprint density at radius 3 is 2.12 bits per heavy atom. The smallest absolute Gasteiger partial charge is 0.0721 e. The van der Waals surface area contributed by atoms with E-state index in [1.165, 1.54) is 62.5 Å². The van der Waals surface area contributed by atoms with Crippen LogP contribution in [0.2, 0.25) is 0 Å². The van der Waals surface area contributed by atoms with Gasteiger partial charge >= 0.3 is 0 Å². The van der Waals surface area contributed by atoms with E-state index in [1.54, 1.807) is 6.08 Å². The highest BCUT2D eigenvalue weighted by Crippen LogP contribution is 2.44. The maximum absolute atomic E-state index is 5.54. The van der Waals surface area contributed by atoms with Crippen LogP contribution in [0.5, 0.6) is 0 Å². The molecule has 0 atom stereocenters. The van der Waals surface area contributed by atoms with E-state index in [0.717, 1.165) is 23.7 Å². The molecule has 0 bridgehead atoms. The Bertz CT molecular complexity index is 554. The molecular weight excluding hydrogens is 316 g/mol. The Morgan fingerprint density at radius 1 is 0.923 bits per heavy atom. The summed E-state index contributed by atoms with van der Waals surface area (Å²) in [7, 11) is 0. The maximum atomic E-state index is 5.54. The van der Waals surface area contributed by atoms with Crippen LogP contribution >= 0.6 is 0 Å². The largest absolute Gasteiger partial charge is 0.373 e. The molecule has 0 amide bonds. The van der Waals surface area contributed by atoms with Crippen molar-refractivity contribution in [3.8, 4) is 0 Å². The van der Waals surface area contributed by atoms with Crippen LogP contribution in [0.25, 0.3) is 0 Å². The van der Waals surface area contributed by atoms with Crippen molar-refractivity contribution in [1.82, 2.24) is 0 Å². The van der Waals surface area contributed by atoms with Gasteiger partial charge in [-0.1, -0.05) is 42.5 Å². The third-order valence-electron chi connectivity index (χ3n) is 6.68. The first-order valence-corrected chi connectivity index (χ1v) is 10.7. The lowest BCUT2D eigenvalue weighted by Gasteiger charge is -2.37. The van der Waals surface area contributed by atoms with Crippen molar-refractivity contribution >= 4 is 0 Å². The van der Waals surface area contributed by atoms with Crippen LogP contribution in [0.4, 0.5) is 0 Å². The molecule has 0 aliphatic heterocycles. The van der Waals surface area contributed by atoms with Gasteiger partial charge in [-0.3, -0.25) is 0 Å². The zero-order valence-corrected chi connectivity index (χ0v) is 16.5. The fourth-order valence-electron chi connectivity index (χ4n) is 5.15. The Balaban J connectivity index is 1.44. The molecule has 0 aromatic heterocycles. The standard InChI is InChI=1S/C25H36O/c1-3-5-20-6-10-22(11-7-20)24-14-16-25(17-15-24)23-12-8-21(9-13-23)19-26-18-4-2/h3-5,8-9,12-13,20,22,24-25H,2,6-7,10-11,14-19H2,1H3/t20-,22-,24-,25-. The predicted molar refractivity (Wildman–Crippen MR) is 111 cm³/mol. The van der Waals surface area contributed by atoms with Crippen LogP contribution in [-0.2, 0) is 11.3 Å². The molecule has 2 aliphatic carbocycles. The van der Waals surface area contributed by atoms with Crippen LogP contribution < -0.4 is 0 Å². The third-order valence-corrected chi connectivity index (χ3v) is 6.68. The number of ether oxygens (including phenoxy) is 1. The average molecular weight is 353 g/mol.